The van der Waals surface area contributed by atoms with Gasteiger partial charge in [-0.25, -0.2) is 0 Å². The highest BCUT2D eigenvalue weighted by molar-refractivity contribution is 5.76. The second-order valence-corrected chi connectivity index (χ2v) is 8.33. The molecule has 0 saturated carbocycles. The Labute approximate surface area is 190 Å². The summed E-state index contributed by atoms with van der Waals surface area (Å²) in [5.74, 6) is 1.36. The Morgan fingerprint density at radius 3 is 2.56 bits per heavy atom. The highest BCUT2D eigenvalue weighted by atomic mass is 16.5. The number of piperidine rings is 1. The number of carbonyl (C=O) groups excluding carboxylic acids is 1. The van der Waals surface area contributed by atoms with E-state index >= 15 is 0 Å². The number of β-amino-alcohol motifs (C(OH)–C–C–N with tert-alkyl or cyclic N) is 1. The van der Waals surface area contributed by atoms with Gasteiger partial charge in [0.1, 0.15) is 5.60 Å². The molecule has 0 radical (unpaired) electrons. The topological polar surface area (TPSA) is 91.3 Å². The molecule has 3 N–H and O–H groups in total. The molecule has 2 aromatic carbocycles. The molecule has 0 bridgehead atoms. The second-order valence-electron chi connectivity index (χ2n) is 8.33. The highest BCUT2D eigenvalue weighted by Gasteiger charge is 2.42. The molecule has 3 rings (SSSR count). The van der Waals surface area contributed by atoms with E-state index in [1.807, 2.05) is 48.5 Å². The number of nitrogens with zero attached hydrogens (tertiary/aromatic N) is 1. The number of methoxy groups -OCH3 is 2. The summed E-state index contributed by atoms with van der Waals surface area (Å²) in [6.07, 6.45) is 1.29. The third-order valence-corrected chi connectivity index (χ3v) is 6.05. The maximum absolute atomic E-state index is 12.7. The average Bonchev–Trinajstić information content (AvgIpc) is 2.82. The number of benzene rings is 2. The smallest absolute Gasteiger partial charge is 0.223 e. The van der Waals surface area contributed by atoms with Crippen LogP contribution >= 0.6 is 0 Å². The molecular formula is C25H34N2O5. The van der Waals surface area contributed by atoms with Crippen molar-refractivity contribution in [2.45, 2.75) is 37.4 Å². The second kappa shape index (κ2) is 11.3. The Morgan fingerprint density at radius 2 is 1.84 bits per heavy atom. The van der Waals surface area contributed by atoms with Gasteiger partial charge in [-0.15, -0.1) is 0 Å². The summed E-state index contributed by atoms with van der Waals surface area (Å²) in [6, 6.07) is 15.7. The molecule has 0 spiro atoms. The summed E-state index contributed by atoms with van der Waals surface area (Å²) in [5.41, 5.74) is 0.826. The van der Waals surface area contributed by atoms with Crippen molar-refractivity contribution in [2.24, 2.45) is 0 Å². The molecule has 1 saturated heterocycles. The third kappa shape index (κ3) is 6.22. The highest BCUT2D eigenvalue weighted by Crippen LogP contribution is 2.27. The Hall–Kier alpha value is -2.61. The number of aliphatic hydroxyl groups excluding tert-OH is 1. The van der Waals surface area contributed by atoms with Crippen molar-refractivity contribution in [1.82, 2.24) is 10.2 Å². The number of likely N-dealkylation sites (tertiary alicyclic amines) is 1. The molecule has 1 heterocycles. The van der Waals surface area contributed by atoms with Gasteiger partial charge in [0, 0.05) is 19.5 Å². The lowest BCUT2D eigenvalue weighted by Gasteiger charge is -2.43. The fourth-order valence-corrected chi connectivity index (χ4v) is 4.08. The van der Waals surface area contributed by atoms with Crippen LogP contribution in [0.5, 0.6) is 11.5 Å². The molecule has 32 heavy (non-hydrogen) atoms. The molecule has 174 valence electrons. The first kappa shape index (κ1) is 24.0. The molecule has 2 aromatic rings. The summed E-state index contributed by atoms with van der Waals surface area (Å²) >= 11 is 0. The fourth-order valence-electron chi connectivity index (χ4n) is 4.08. The zero-order valence-corrected chi connectivity index (χ0v) is 18.9. The van der Waals surface area contributed by atoms with Crippen molar-refractivity contribution in [1.29, 1.82) is 0 Å². The quantitative estimate of drug-likeness (QED) is 0.486. The lowest BCUT2D eigenvalue weighted by atomic mass is 9.89. The first-order chi connectivity index (χ1) is 15.4. The number of aliphatic hydroxyl groups is 2. The number of hydrogen-bond donors (Lipinski definition) is 3. The van der Waals surface area contributed by atoms with Crippen molar-refractivity contribution in [3.8, 4) is 11.5 Å². The van der Waals surface area contributed by atoms with Crippen LogP contribution in [0.25, 0.3) is 0 Å². The minimum Gasteiger partial charge on any atom is -0.493 e. The van der Waals surface area contributed by atoms with E-state index in [0.717, 1.165) is 17.5 Å². The maximum atomic E-state index is 12.7. The molecule has 1 amide bonds. The van der Waals surface area contributed by atoms with Crippen molar-refractivity contribution < 1.29 is 24.5 Å². The van der Waals surface area contributed by atoms with Gasteiger partial charge >= 0.3 is 0 Å². The van der Waals surface area contributed by atoms with E-state index in [0.29, 0.717) is 43.9 Å². The molecule has 7 nitrogen and oxygen atoms in total. The molecule has 1 aliphatic heterocycles. The van der Waals surface area contributed by atoms with Gasteiger partial charge in [0.15, 0.2) is 11.5 Å². The van der Waals surface area contributed by atoms with Crippen LogP contribution < -0.4 is 14.8 Å². The van der Waals surface area contributed by atoms with Gasteiger partial charge in [-0.1, -0.05) is 36.4 Å². The van der Waals surface area contributed by atoms with E-state index in [1.54, 1.807) is 19.1 Å². The largest absolute Gasteiger partial charge is 0.493 e. The van der Waals surface area contributed by atoms with Crippen LogP contribution in [0.2, 0.25) is 0 Å². The summed E-state index contributed by atoms with van der Waals surface area (Å²) in [6.45, 7) is 1.42. The first-order valence-electron chi connectivity index (χ1n) is 11.1. The van der Waals surface area contributed by atoms with E-state index in [9.17, 15) is 15.0 Å². The number of nitrogens with one attached hydrogen (secondary N) is 1. The van der Waals surface area contributed by atoms with Crippen LogP contribution in [0.3, 0.4) is 0 Å². The van der Waals surface area contributed by atoms with Gasteiger partial charge < -0.3 is 29.9 Å². The molecule has 2 atom stereocenters. The van der Waals surface area contributed by atoms with Crippen LogP contribution in [-0.2, 0) is 17.6 Å². The van der Waals surface area contributed by atoms with Crippen LogP contribution in [0, 0.1) is 0 Å². The molecule has 0 aliphatic carbocycles. The van der Waals surface area contributed by atoms with Crippen LogP contribution in [0.4, 0.5) is 0 Å². The number of carbonyl (C=O) groups is 1. The lowest BCUT2D eigenvalue weighted by molar-refractivity contribution is -0.150. The minimum atomic E-state index is -1.36. The Kier molecular flexibility index (Phi) is 8.50. The van der Waals surface area contributed by atoms with E-state index in [4.69, 9.17) is 9.47 Å². The zero-order chi connectivity index (χ0) is 23.0. The van der Waals surface area contributed by atoms with E-state index < -0.39 is 11.7 Å². The Balaban J connectivity index is 1.48. The van der Waals surface area contributed by atoms with Crippen LogP contribution in [0.1, 0.15) is 24.0 Å². The number of ether oxygens (including phenoxy) is 2. The van der Waals surface area contributed by atoms with Crippen molar-refractivity contribution in [3.63, 3.8) is 0 Å². The van der Waals surface area contributed by atoms with Gasteiger partial charge in [-0.2, -0.15) is 0 Å². The summed E-state index contributed by atoms with van der Waals surface area (Å²) in [4.78, 5) is 14.4. The standard InChI is InChI=1S/C25H34N2O5/c1-31-21-10-8-20(16-22(21)32-2)12-14-26-17-25(30)18-27(15-13-23(25)28)24(29)11-9-19-6-4-3-5-7-19/h3-8,10,16,23,26,28,30H,9,11-15,17-18H2,1-2H3/t23-,25+/m1/s1. The van der Waals surface area contributed by atoms with Crippen molar-refractivity contribution in [3.05, 3.63) is 59.7 Å². The minimum absolute atomic E-state index is 0.00417. The number of aryl methyl sites for hydroxylation is 1. The van der Waals surface area contributed by atoms with Gasteiger partial charge in [-0.3, -0.25) is 4.79 Å². The predicted octanol–water partition coefficient (Wildman–Crippen LogP) is 1.79. The van der Waals surface area contributed by atoms with Gasteiger partial charge in [-0.05, 0) is 49.1 Å². The molecular weight excluding hydrogens is 408 g/mol. The molecule has 7 heteroatoms. The Morgan fingerprint density at radius 1 is 1.09 bits per heavy atom. The number of rotatable bonds is 10. The van der Waals surface area contributed by atoms with E-state index in [1.165, 1.54) is 0 Å². The predicted molar refractivity (Wildman–Crippen MR) is 123 cm³/mol. The van der Waals surface area contributed by atoms with Crippen molar-refractivity contribution >= 4 is 5.91 Å². The van der Waals surface area contributed by atoms with E-state index in [2.05, 4.69) is 5.32 Å². The van der Waals surface area contributed by atoms with E-state index in [-0.39, 0.29) is 19.0 Å². The normalized spacial score (nSPS) is 20.8. The summed E-state index contributed by atoms with van der Waals surface area (Å²) in [7, 11) is 3.21. The third-order valence-electron chi connectivity index (χ3n) is 6.05. The summed E-state index contributed by atoms with van der Waals surface area (Å²) in [5, 5.41) is 24.7. The van der Waals surface area contributed by atoms with Gasteiger partial charge in [0.05, 0.1) is 26.9 Å². The molecule has 1 fully saturated rings. The molecule has 1 aliphatic rings. The van der Waals surface area contributed by atoms with Gasteiger partial charge in [0.25, 0.3) is 0 Å². The fraction of sp³-hybridized carbons (Fsp3) is 0.480. The zero-order valence-electron chi connectivity index (χ0n) is 18.9. The van der Waals surface area contributed by atoms with Crippen molar-refractivity contribution in [2.75, 3.05) is 40.4 Å². The Bertz CT molecular complexity index is 876. The van der Waals surface area contributed by atoms with Crippen LogP contribution in [-0.4, -0.2) is 73.1 Å². The monoisotopic (exact) mass is 442 g/mol. The number of amides is 1. The van der Waals surface area contributed by atoms with Crippen LogP contribution in [0.15, 0.2) is 48.5 Å². The lowest BCUT2D eigenvalue weighted by Crippen LogP contribution is -2.62. The van der Waals surface area contributed by atoms with Gasteiger partial charge in [0.2, 0.25) is 5.91 Å². The number of hydrogen-bond acceptors (Lipinski definition) is 6. The molecule has 0 aromatic heterocycles. The first-order valence-corrected chi connectivity index (χ1v) is 11.1. The average molecular weight is 443 g/mol. The summed E-state index contributed by atoms with van der Waals surface area (Å²) < 4.78 is 10.6. The maximum Gasteiger partial charge on any atom is 0.223 e. The molecule has 0 unspecified atom stereocenters. The SMILES string of the molecule is COc1ccc(CCNC[C@]2(O)CN(C(=O)CCc3ccccc3)CC[C@H]2O)cc1OC.